The third-order valence-corrected chi connectivity index (χ3v) is 12.4. The fraction of sp³-hybridized carbons (Fsp3) is 0.140. The molecule has 0 atom stereocenters. The highest BCUT2D eigenvalue weighted by molar-refractivity contribution is 7.93. The van der Waals surface area contributed by atoms with Crippen molar-refractivity contribution < 1.29 is 13.9 Å². The van der Waals surface area contributed by atoms with Crippen LogP contribution in [0.1, 0.15) is 43.7 Å². The molecule has 0 aliphatic carbocycles. The highest BCUT2D eigenvalue weighted by atomic mass is 31.2. The van der Waals surface area contributed by atoms with E-state index < -0.39 is 14.9 Å². The van der Waals surface area contributed by atoms with E-state index >= 15 is 0 Å². The monoisotopic (exact) mass is 670 g/mol. The smallest absolute Gasteiger partial charge is 0.230 e. The lowest BCUT2D eigenvalue weighted by Crippen LogP contribution is -2.23. The number of hydrogen-bond donors (Lipinski definition) is 0. The van der Waals surface area contributed by atoms with Crippen LogP contribution in [0.15, 0.2) is 152 Å². The summed E-state index contributed by atoms with van der Waals surface area (Å²) in [4.78, 5) is 13.6. The molecular formula is C43H44O3P2. The Balaban J connectivity index is 0.000000188. The lowest BCUT2D eigenvalue weighted by atomic mass is 10.0. The molecule has 6 aromatic carbocycles. The van der Waals surface area contributed by atoms with E-state index in [-0.39, 0.29) is 5.52 Å². The summed E-state index contributed by atoms with van der Waals surface area (Å²) in [7, 11) is -5.24. The van der Waals surface area contributed by atoms with Crippen LogP contribution >= 0.6 is 14.9 Å². The summed E-state index contributed by atoms with van der Waals surface area (Å²) in [5.74, 6) is 0. The van der Waals surface area contributed by atoms with E-state index in [0.717, 1.165) is 27.3 Å². The SMILES string of the molecule is Cc1cc(C)c(C(=O)P(=O)(c2ccccc2)c2ccccc2)c(C)c1.Cc1cc(C)cc(C)c1.O=[PH](c1ccccc1)c1ccccc1. The molecule has 6 aromatic rings. The summed E-state index contributed by atoms with van der Waals surface area (Å²) in [6.45, 7) is 12.2. The highest BCUT2D eigenvalue weighted by Crippen LogP contribution is 2.47. The maximum atomic E-state index is 14.2. The minimum atomic E-state index is -3.44. The second kappa shape index (κ2) is 17.0. The van der Waals surface area contributed by atoms with E-state index in [0.29, 0.717) is 16.2 Å². The van der Waals surface area contributed by atoms with Crippen molar-refractivity contribution in [2.45, 2.75) is 41.5 Å². The van der Waals surface area contributed by atoms with E-state index in [1.165, 1.54) is 16.7 Å². The van der Waals surface area contributed by atoms with E-state index in [1.807, 2.05) is 130 Å². The minimum Gasteiger partial charge on any atom is -0.317 e. The lowest BCUT2D eigenvalue weighted by Gasteiger charge is -2.20. The molecule has 0 saturated heterocycles. The Morgan fingerprint density at radius 2 is 0.750 bits per heavy atom. The average molecular weight is 671 g/mol. The molecule has 0 aliphatic rings. The summed E-state index contributed by atoms with van der Waals surface area (Å²) in [5.41, 5.74) is 7.18. The molecule has 5 heteroatoms. The summed E-state index contributed by atoms with van der Waals surface area (Å²) in [6.07, 6.45) is 0. The molecule has 0 aliphatic heterocycles. The van der Waals surface area contributed by atoms with Crippen LogP contribution in [0.5, 0.6) is 0 Å². The third kappa shape index (κ3) is 9.29. The summed E-state index contributed by atoms with van der Waals surface area (Å²) in [6, 6.07) is 47.9. The zero-order valence-corrected chi connectivity index (χ0v) is 30.5. The quantitative estimate of drug-likeness (QED) is 0.166. The topological polar surface area (TPSA) is 51.2 Å². The molecule has 48 heavy (non-hydrogen) atoms. The molecule has 0 amide bonds. The van der Waals surface area contributed by atoms with E-state index in [1.54, 1.807) is 24.3 Å². The fourth-order valence-electron chi connectivity index (χ4n) is 5.88. The second-order valence-corrected chi connectivity index (χ2v) is 16.6. The maximum absolute atomic E-state index is 14.2. The molecule has 0 saturated carbocycles. The van der Waals surface area contributed by atoms with Crippen LogP contribution in [0.4, 0.5) is 0 Å². The van der Waals surface area contributed by atoms with Crippen LogP contribution in [0.25, 0.3) is 0 Å². The standard InChI is InChI=1S/C22H21O2P.C12H11OP.C9H12/c1-16-14-17(2)21(18(3)15-16)22(23)25(24,19-10-6-4-7-11-19)20-12-8-5-9-13-20;13-14(11-7-3-1-4-8-11)12-9-5-2-6-10-12;1-7-4-8(2)6-9(3)5-7/h4-15H,1-3H3;1-10,14H;4-6H,1-3H3. The van der Waals surface area contributed by atoms with Crippen molar-refractivity contribution >= 4 is 41.7 Å². The van der Waals surface area contributed by atoms with Crippen molar-refractivity contribution in [1.29, 1.82) is 0 Å². The molecular weight excluding hydrogens is 626 g/mol. The second-order valence-electron chi connectivity index (χ2n) is 12.1. The predicted octanol–water partition coefficient (Wildman–Crippen LogP) is 9.58. The summed E-state index contributed by atoms with van der Waals surface area (Å²) < 4.78 is 26.2. The van der Waals surface area contributed by atoms with Crippen LogP contribution < -0.4 is 21.2 Å². The Labute approximate surface area is 286 Å². The molecule has 0 N–H and O–H groups in total. The summed E-state index contributed by atoms with van der Waals surface area (Å²) >= 11 is 0. The Kier molecular flexibility index (Phi) is 12.9. The number of benzene rings is 6. The first-order valence-corrected chi connectivity index (χ1v) is 19.2. The summed E-state index contributed by atoms with van der Waals surface area (Å²) in [5, 5.41) is 2.99. The number of rotatable bonds is 6. The molecule has 0 bridgehead atoms. The van der Waals surface area contributed by atoms with Gasteiger partial charge in [-0.25, -0.2) is 0 Å². The number of carbonyl (C=O) groups excluding carboxylic acids is 1. The molecule has 0 unspecified atom stereocenters. The van der Waals surface area contributed by atoms with E-state index in [2.05, 4.69) is 39.0 Å². The number of hydrogen-bond acceptors (Lipinski definition) is 3. The van der Waals surface area contributed by atoms with Crippen molar-refractivity contribution in [3.63, 3.8) is 0 Å². The van der Waals surface area contributed by atoms with Crippen LogP contribution in [0.3, 0.4) is 0 Å². The molecule has 0 fully saturated rings. The zero-order chi connectivity index (χ0) is 34.7. The first kappa shape index (κ1) is 36.3. The van der Waals surface area contributed by atoms with E-state index in [9.17, 15) is 13.9 Å². The third-order valence-electron chi connectivity index (χ3n) is 7.85. The van der Waals surface area contributed by atoms with E-state index in [4.69, 9.17) is 0 Å². The lowest BCUT2D eigenvalue weighted by molar-refractivity contribution is 0.107. The Bertz CT molecular complexity index is 1860. The largest absolute Gasteiger partial charge is 0.317 e. The van der Waals surface area contributed by atoms with Gasteiger partial charge in [0, 0.05) is 26.8 Å². The molecule has 0 heterocycles. The normalized spacial score (nSPS) is 10.7. The molecule has 0 radical (unpaired) electrons. The van der Waals surface area contributed by atoms with Gasteiger partial charge in [0.05, 0.1) is 0 Å². The van der Waals surface area contributed by atoms with Gasteiger partial charge >= 0.3 is 0 Å². The van der Waals surface area contributed by atoms with Gasteiger partial charge in [0.1, 0.15) is 7.80 Å². The van der Waals surface area contributed by atoms with Crippen molar-refractivity contribution in [2.24, 2.45) is 0 Å². The first-order valence-electron chi connectivity index (χ1n) is 16.0. The zero-order valence-electron chi connectivity index (χ0n) is 28.6. The Hall–Kier alpha value is -4.55. The van der Waals surface area contributed by atoms with Gasteiger partial charge in [-0.05, 0) is 52.7 Å². The van der Waals surface area contributed by atoms with Crippen molar-refractivity contribution in [1.82, 2.24) is 0 Å². The fourth-order valence-corrected chi connectivity index (χ4v) is 9.82. The average Bonchev–Trinajstić information content (AvgIpc) is 3.08. The van der Waals surface area contributed by atoms with Crippen LogP contribution in [-0.2, 0) is 9.13 Å². The molecule has 6 rings (SSSR count). The Morgan fingerprint density at radius 1 is 0.458 bits per heavy atom. The number of carbonyl (C=O) groups is 1. The van der Waals surface area contributed by atoms with Crippen molar-refractivity contribution in [3.05, 3.63) is 191 Å². The van der Waals surface area contributed by atoms with Gasteiger partial charge in [-0.1, -0.05) is 174 Å². The van der Waals surface area contributed by atoms with Gasteiger partial charge in [0.2, 0.25) is 12.7 Å². The van der Waals surface area contributed by atoms with Gasteiger partial charge in [0.15, 0.2) is 0 Å². The van der Waals surface area contributed by atoms with Crippen LogP contribution in [-0.4, -0.2) is 5.52 Å². The van der Waals surface area contributed by atoms with Crippen LogP contribution in [0, 0.1) is 41.5 Å². The van der Waals surface area contributed by atoms with Gasteiger partial charge in [-0.15, -0.1) is 0 Å². The van der Waals surface area contributed by atoms with Crippen molar-refractivity contribution in [2.75, 3.05) is 0 Å². The van der Waals surface area contributed by atoms with Gasteiger partial charge < -0.3 is 9.13 Å². The van der Waals surface area contributed by atoms with Gasteiger partial charge in [0.25, 0.3) is 0 Å². The van der Waals surface area contributed by atoms with Gasteiger partial charge in [-0.3, -0.25) is 4.79 Å². The van der Waals surface area contributed by atoms with Gasteiger partial charge in [-0.2, -0.15) is 0 Å². The molecule has 0 spiro atoms. The minimum absolute atomic E-state index is 0.292. The predicted molar refractivity (Wildman–Crippen MR) is 207 cm³/mol. The van der Waals surface area contributed by atoms with Crippen LogP contribution in [0.2, 0.25) is 0 Å². The molecule has 3 nitrogen and oxygen atoms in total. The number of aryl methyl sites for hydroxylation is 6. The molecule has 0 aromatic heterocycles. The van der Waals surface area contributed by atoms with Crippen molar-refractivity contribution in [3.8, 4) is 0 Å². The first-order chi connectivity index (χ1) is 23.0. The molecule has 244 valence electrons. The Morgan fingerprint density at radius 3 is 1.08 bits per heavy atom. The maximum Gasteiger partial charge on any atom is 0.230 e. The highest BCUT2D eigenvalue weighted by Gasteiger charge is 2.37.